The number of methoxy groups -OCH3 is 1. The van der Waals surface area contributed by atoms with Crippen molar-refractivity contribution in [3.63, 3.8) is 0 Å². The molecule has 0 aliphatic heterocycles. The van der Waals surface area contributed by atoms with E-state index in [9.17, 15) is 9.90 Å². The third kappa shape index (κ3) is 4.02. The molecule has 122 valence electrons. The molecule has 0 heterocycles. The Bertz CT molecular complexity index is 702. The Labute approximate surface area is 135 Å². The molecular formula is C18H21NO4. The van der Waals surface area contributed by atoms with Crippen molar-refractivity contribution in [1.29, 1.82) is 0 Å². The van der Waals surface area contributed by atoms with Gasteiger partial charge in [-0.2, -0.15) is 0 Å². The lowest BCUT2D eigenvalue weighted by molar-refractivity contribution is 0.0502. The monoisotopic (exact) mass is 315 g/mol. The molecule has 1 amide bonds. The molecule has 2 rings (SSSR count). The number of carbonyl (C=O) groups excluding carboxylic acids is 1. The number of benzene rings is 2. The van der Waals surface area contributed by atoms with E-state index in [1.807, 2.05) is 19.9 Å². The molecule has 3 N–H and O–H groups in total. The van der Waals surface area contributed by atoms with Crippen molar-refractivity contribution in [3.05, 3.63) is 58.1 Å². The van der Waals surface area contributed by atoms with Crippen LogP contribution in [0.15, 0.2) is 30.3 Å². The number of phenols is 1. The molecule has 2 aromatic rings. The van der Waals surface area contributed by atoms with E-state index < -0.39 is 5.91 Å². The van der Waals surface area contributed by atoms with Crippen LogP contribution in [0.1, 0.15) is 32.6 Å². The van der Waals surface area contributed by atoms with E-state index in [2.05, 4.69) is 0 Å². The SMILES string of the molecule is COCOc1ccc(Cc2c(C)cc(O)cc2C)cc1C(N)=O. The average Bonchev–Trinajstić information content (AvgIpc) is 2.49. The predicted molar refractivity (Wildman–Crippen MR) is 87.9 cm³/mol. The standard InChI is InChI=1S/C18H21NO4/c1-11-6-14(20)7-12(2)15(11)8-13-4-5-17(23-10-22-3)16(9-13)18(19)21/h4-7,9,20H,8,10H2,1-3H3,(H2,19,21). The number of hydrogen-bond donors (Lipinski definition) is 2. The first-order valence-electron chi connectivity index (χ1n) is 7.26. The highest BCUT2D eigenvalue weighted by Crippen LogP contribution is 2.26. The molecular weight excluding hydrogens is 294 g/mol. The van der Waals surface area contributed by atoms with Gasteiger partial charge in [0.2, 0.25) is 0 Å². The minimum atomic E-state index is -0.544. The molecule has 2 aromatic carbocycles. The van der Waals surface area contributed by atoms with Crippen molar-refractivity contribution in [2.45, 2.75) is 20.3 Å². The van der Waals surface area contributed by atoms with Gasteiger partial charge in [-0.3, -0.25) is 4.79 Å². The van der Waals surface area contributed by atoms with Crippen LogP contribution in [0.4, 0.5) is 0 Å². The van der Waals surface area contributed by atoms with E-state index in [1.54, 1.807) is 24.3 Å². The van der Waals surface area contributed by atoms with Crippen molar-refractivity contribution in [2.24, 2.45) is 5.73 Å². The zero-order valence-electron chi connectivity index (χ0n) is 13.6. The lowest BCUT2D eigenvalue weighted by atomic mass is 9.95. The van der Waals surface area contributed by atoms with Gasteiger partial charge >= 0.3 is 0 Å². The summed E-state index contributed by atoms with van der Waals surface area (Å²) in [5.74, 6) is 0.115. The molecule has 23 heavy (non-hydrogen) atoms. The average molecular weight is 315 g/mol. The summed E-state index contributed by atoms with van der Waals surface area (Å²) in [5, 5.41) is 9.63. The number of primary amides is 1. The second-order valence-corrected chi connectivity index (χ2v) is 5.48. The fraction of sp³-hybridized carbons (Fsp3) is 0.278. The maximum Gasteiger partial charge on any atom is 0.252 e. The number of aryl methyl sites for hydroxylation is 2. The van der Waals surface area contributed by atoms with Gasteiger partial charge in [0.05, 0.1) is 5.56 Å². The molecule has 0 saturated carbocycles. The third-order valence-corrected chi connectivity index (χ3v) is 3.70. The van der Waals surface area contributed by atoms with Crippen molar-refractivity contribution < 1.29 is 19.4 Å². The zero-order chi connectivity index (χ0) is 17.0. The highest BCUT2D eigenvalue weighted by molar-refractivity contribution is 5.95. The molecule has 0 aliphatic rings. The first-order chi connectivity index (χ1) is 10.9. The summed E-state index contributed by atoms with van der Waals surface area (Å²) < 4.78 is 10.2. The molecule has 0 atom stereocenters. The Balaban J connectivity index is 2.34. The number of nitrogens with two attached hydrogens (primary N) is 1. The van der Waals surface area contributed by atoms with Gasteiger partial charge in [-0.05, 0) is 66.8 Å². The number of aromatic hydroxyl groups is 1. The Morgan fingerprint density at radius 2 is 1.83 bits per heavy atom. The van der Waals surface area contributed by atoms with Gasteiger partial charge in [-0.25, -0.2) is 0 Å². The highest BCUT2D eigenvalue weighted by atomic mass is 16.7. The molecule has 0 unspecified atom stereocenters. The number of phenolic OH excluding ortho intramolecular Hbond substituents is 1. The molecule has 0 saturated heterocycles. The lowest BCUT2D eigenvalue weighted by Crippen LogP contribution is -2.14. The topological polar surface area (TPSA) is 81.8 Å². The van der Waals surface area contributed by atoms with Crippen molar-refractivity contribution in [3.8, 4) is 11.5 Å². The first-order valence-corrected chi connectivity index (χ1v) is 7.26. The van der Waals surface area contributed by atoms with Crippen LogP contribution in [0.2, 0.25) is 0 Å². The van der Waals surface area contributed by atoms with Crippen LogP contribution in [0.5, 0.6) is 11.5 Å². The smallest absolute Gasteiger partial charge is 0.252 e. The second kappa shape index (κ2) is 7.15. The van der Waals surface area contributed by atoms with E-state index in [1.165, 1.54) is 7.11 Å². The quantitative estimate of drug-likeness (QED) is 0.803. The number of rotatable bonds is 6. The minimum Gasteiger partial charge on any atom is -0.508 e. The van der Waals surface area contributed by atoms with Gasteiger partial charge < -0.3 is 20.3 Å². The third-order valence-electron chi connectivity index (χ3n) is 3.70. The number of ether oxygens (including phenoxy) is 2. The molecule has 5 heteroatoms. The van der Waals surface area contributed by atoms with Gasteiger partial charge in [-0.1, -0.05) is 6.07 Å². The van der Waals surface area contributed by atoms with E-state index in [0.29, 0.717) is 17.7 Å². The molecule has 0 radical (unpaired) electrons. The van der Waals surface area contributed by atoms with Gasteiger partial charge in [0, 0.05) is 7.11 Å². The number of hydrogen-bond acceptors (Lipinski definition) is 4. The van der Waals surface area contributed by atoms with E-state index in [4.69, 9.17) is 15.2 Å². The van der Waals surface area contributed by atoms with E-state index in [-0.39, 0.29) is 12.5 Å². The summed E-state index contributed by atoms with van der Waals surface area (Å²) in [6.45, 7) is 3.95. The van der Waals surface area contributed by atoms with Crippen LogP contribution in [-0.2, 0) is 11.2 Å². The molecule has 0 aliphatic carbocycles. The minimum absolute atomic E-state index is 0.0514. The van der Waals surface area contributed by atoms with Gasteiger partial charge in [0.15, 0.2) is 6.79 Å². The van der Waals surface area contributed by atoms with Crippen LogP contribution in [0.3, 0.4) is 0 Å². The van der Waals surface area contributed by atoms with Gasteiger partial charge in [0.1, 0.15) is 11.5 Å². The molecule has 0 spiro atoms. The summed E-state index contributed by atoms with van der Waals surface area (Å²) in [7, 11) is 1.51. The van der Waals surface area contributed by atoms with Crippen molar-refractivity contribution >= 4 is 5.91 Å². The fourth-order valence-corrected chi connectivity index (χ4v) is 2.58. The summed E-state index contributed by atoms with van der Waals surface area (Å²) in [4.78, 5) is 11.6. The molecule has 5 nitrogen and oxygen atoms in total. The lowest BCUT2D eigenvalue weighted by Gasteiger charge is -2.13. The van der Waals surface area contributed by atoms with Crippen LogP contribution >= 0.6 is 0 Å². The predicted octanol–water partition coefficient (Wildman–Crippen LogP) is 2.68. The molecule has 0 aromatic heterocycles. The second-order valence-electron chi connectivity index (χ2n) is 5.48. The van der Waals surface area contributed by atoms with Crippen molar-refractivity contribution in [2.75, 3.05) is 13.9 Å². The number of amides is 1. The van der Waals surface area contributed by atoms with Crippen LogP contribution in [0.25, 0.3) is 0 Å². The summed E-state index contributed by atoms with van der Waals surface area (Å²) in [5.41, 5.74) is 9.83. The van der Waals surface area contributed by atoms with Crippen LogP contribution in [0, 0.1) is 13.8 Å². The summed E-state index contributed by atoms with van der Waals surface area (Å²) in [6.07, 6.45) is 0.642. The Morgan fingerprint density at radius 3 is 2.39 bits per heavy atom. The summed E-state index contributed by atoms with van der Waals surface area (Å²) >= 11 is 0. The molecule has 0 bridgehead atoms. The van der Waals surface area contributed by atoms with Crippen LogP contribution in [-0.4, -0.2) is 24.9 Å². The van der Waals surface area contributed by atoms with Gasteiger partial charge in [0.25, 0.3) is 5.91 Å². The van der Waals surface area contributed by atoms with E-state index in [0.717, 1.165) is 22.3 Å². The molecule has 0 fully saturated rings. The van der Waals surface area contributed by atoms with Crippen molar-refractivity contribution in [1.82, 2.24) is 0 Å². The van der Waals surface area contributed by atoms with Gasteiger partial charge in [-0.15, -0.1) is 0 Å². The maximum absolute atomic E-state index is 11.6. The highest BCUT2D eigenvalue weighted by Gasteiger charge is 2.12. The first kappa shape index (κ1) is 16.8. The van der Waals surface area contributed by atoms with Crippen LogP contribution < -0.4 is 10.5 Å². The largest absolute Gasteiger partial charge is 0.508 e. The Morgan fingerprint density at radius 1 is 1.17 bits per heavy atom. The normalized spacial score (nSPS) is 10.6. The Kier molecular flexibility index (Phi) is 5.24. The zero-order valence-corrected chi connectivity index (χ0v) is 13.6. The van der Waals surface area contributed by atoms with E-state index >= 15 is 0 Å². The number of carbonyl (C=O) groups is 1. The summed E-state index contributed by atoms with van der Waals surface area (Å²) in [6, 6.07) is 8.81. The maximum atomic E-state index is 11.6. The Hall–Kier alpha value is -2.53. The fourth-order valence-electron chi connectivity index (χ4n) is 2.58.